The number of benzene rings is 1. The van der Waals surface area contributed by atoms with Gasteiger partial charge in [-0.25, -0.2) is 0 Å². The zero-order valence-electron chi connectivity index (χ0n) is 58.5. The molecule has 2 bridgehead atoms. The van der Waals surface area contributed by atoms with Crippen molar-refractivity contribution < 1.29 is 62.5 Å². The molecule has 2 aliphatic heterocycles. The van der Waals surface area contributed by atoms with Crippen LogP contribution in [0.2, 0.25) is 0 Å². The second-order valence-corrected chi connectivity index (χ2v) is 29.7. The van der Waals surface area contributed by atoms with Crippen molar-refractivity contribution in [2.24, 2.45) is 35.3 Å². The molecular formula is C70H107N15O13S2. The molecule has 2 aromatic heterocycles. The van der Waals surface area contributed by atoms with Gasteiger partial charge in [-0.15, -0.1) is 11.8 Å². The Bertz CT molecular complexity index is 3240. The van der Waals surface area contributed by atoms with Crippen molar-refractivity contribution in [3.05, 3.63) is 35.4 Å². The first-order chi connectivity index (χ1) is 48.3. The van der Waals surface area contributed by atoms with Crippen molar-refractivity contribution in [3.8, 4) is 6.01 Å². The summed E-state index contributed by atoms with van der Waals surface area (Å²) in [5, 5.41) is 31.7. The van der Waals surface area contributed by atoms with Gasteiger partial charge < -0.3 is 68.2 Å². The topological polar surface area (TPSA) is 396 Å². The highest BCUT2D eigenvalue weighted by Gasteiger charge is 2.53. The first-order valence-corrected chi connectivity index (χ1v) is 38.5. The Morgan fingerprint density at radius 2 is 1.48 bits per heavy atom. The number of imide groups is 1. The Balaban J connectivity index is 0.738. The average Bonchev–Trinajstić information content (AvgIpc) is 1.62. The van der Waals surface area contributed by atoms with Crippen LogP contribution >= 0.6 is 23.5 Å². The van der Waals surface area contributed by atoms with Crippen LogP contribution in [0.1, 0.15) is 172 Å². The molecule has 552 valence electrons. The van der Waals surface area contributed by atoms with Crippen LogP contribution < -0.4 is 48.7 Å². The van der Waals surface area contributed by atoms with Gasteiger partial charge in [0.2, 0.25) is 41.4 Å². The van der Waals surface area contributed by atoms with Gasteiger partial charge in [-0.3, -0.25) is 57.4 Å². The Labute approximate surface area is 595 Å². The van der Waals surface area contributed by atoms with E-state index in [4.69, 9.17) is 20.9 Å². The van der Waals surface area contributed by atoms with Crippen molar-refractivity contribution in [3.63, 3.8) is 0 Å². The molecule has 12 N–H and O–H groups in total. The Morgan fingerprint density at radius 3 is 2.23 bits per heavy atom. The number of unbranched alkanes of at least 4 members (excludes halogenated alkanes) is 3. The zero-order valence-corrected chi connectivity index (χ0v) is 60.2. The predicted octanol–water partition coefficient (Wildman–Crippen LogP) is 4.34. The number of amides is 7. The van der Waals surface area contributed by atoms with Crippen LogP contribution in [-0.2, 0) is 59.2 Å². The standard InChI is InChI=1S/C70H107N15O13S2/c1-4-5-29-77-69-81-63(72)61-64(82-69)85(70(96)80-61)39-47-19-23-48(24-20-47)65(92)78-37-56(88)74-32-15-34-83(33-13-12-27-73-28-14-31-76-66(93)53(71)42-99-41-52(98-45(3)87)40-97-44(2)86)67(94)49-25-21-46(22-26-49)38-84-58(90)36-55(68(84)95)100-43-57(89)75-30-11-10-18-54-62(91)59-50-16-8-6-7-9-17-51(35-50)60(59)79-54/h19-20,23-24,46,49-55,59-60,73,79H,4-18,21-22,25-43,71H2,1-3H3,(H,74,88)(H,75,89)(H,76,93)(H,78,92)(H,80,96)(H3,72,77,81,82). The van der Waals surface area contributed by atoms with E-state index in [2.05, 4.69) is 59.1 Å². The summed E-state index contributed by atoms with van der Waals surface area (Å²) in [6, 6.07) is 5.85. The number of imidazole rings is 1. The van der Waals surface area contributed by atoms with E-state index < -0.39 is 41.1 Å². The lowest BCUT2D eigenvalue weighted by molar-refractivity contribution is -0.154. The summed E-state index contributed by atoms with van der Waals surface area (Å²) in [7, 11) is 0. The molecule has 3 aliphatic carbocycles. The molecule has 7 amide bonds. The fourth-order valence-corrected chi connectivity index (χ4v) is 16.3. The number of esters is 2. The van der Waals surface area contributed by atoms with Crippen LogP contribution in [0.5, 0.6) is 6.01 Å². The number of nitrogens with two attached hydrogens (primary N) is 2. The smallest absolute Gasteiger partial charge is 0.303 e. The molecule has 3 saturated carbocycles. The summed E-state index contributed by atoms with van der Waals surface area (Å²) in [6.07, 6.45) is 17.3. The number of rotatable bonds is 41. The lowest BCUT2D eigenvalue weighted by atomic mass is 9.81. The van der Waals surface area contributed by atoms with Gasteiger partial charge in [0.25, 0.3) is 11.9 Å². The number of thioether (sulfide) groups is 2. The number of hydrogen-bond acceptors (Lipinski definition) is 23. The second kappa shape index (κ2) is 40.5. The minimum absolute atomic E-state index is 0.0154. The van der Waals surface area contributed by atoms with Gasteiger partial charge in [-0.05, 0) is 145 Å². The minimum atomic E-state index is -0.796. The number of nitrogens with one attached hydrogen (secondary N) is 7. The maximum Gasteiger partial charge on any atom is 0.303 e. The van der Waals surface area contributed by atoms with E-state index in [-0.39, 0.29) is 121 Å². The number of anilines is 2. The van der Waals surface area contributed by atoms with E-state index in [1.807, 2.05) is 4.90 Å². The molecule has 30 heteroatoms. The lowest BCUT2D eigenvalue weighted by Gasteiger charge is -2.33. The molecule has 0 spiro atoms. The quantitative estimate of drug-likeness (QED) is 0.0214. The summed E-state index contributed by atoms with van der Waals surface area (Å²) >= 11 is 2.51. The molecule has 5 aliphatic rings. The molecular weight excluding hydrogens is 1320 g/mol. The zero-order chi connectivity index (χ0) is 71.5. The molecule has 8 unspecified atom stereocenters. The van der Waals surface area contributed by atoms with Gasteiger partial charge in [-0.2, -0.15) is 26.7 Å². The normalized spacial score (nSPS) is 21.9. The lowest BCUT2D eigenvalue weighted by Crippen LogP contribution is -2.43. The number of fused-ring (bicyclic) bond motifs is 6. The van der Waals surface area contributed by atoms with Gasteiger partial charge in [0.15, 0.2) is 22.8 Å². The second-order valence-electron chi connectivity index (χ2n) is 27.4. The predicted molar refractivity (Wildman–Crippen MR) is 382 cm³/mol. The van der Waals surface area contributed by atoms with E-state index in [0.29, 0.717) is 137 Å². The Hall–Kier alpha value is -7.15. The minimum Gasteiger partial charge on any atom is -0.480 e. The maximum atomic E-state index is 14.4. The van der Waals surface area contributed by atoms with Gasteiger partial charge in [0, 0.05) is 101 Å². The number of hydrogen-bond donors (Lipinski definition) is 10. The van der Waals surface area contributed by atoms with Crippen LogP contribution in [0, 0.1) is 29.6 Å². The monoisotopic (exact) mass is 1430 g/mol. The fraction of sp³-hybridized carbons (Fsp3) is 0.700. The van der Waals surface area contributed by atoms with Gasteiger partial charge in [-0.1, -0.05) is 51.2 Å². The molecule has 3 aromatic rings. The van der Waals surface area contributed by atoms with Crippen LogP contribution in [0.3, 0.4) is 0 Å². The van der Waals surface area contributed by atoms with Gasteiger partial charge in [0.05, 0.1) is 36.2 Å². The highest BCUT2D eigenvalue weighted by Crippen LogP contribution is 2.47. The van der Waals surface area contributed by atoms with Crippen LogP contribution in [-0.4, -0.2) is 212 Å². The molecule has 8 atom stereocenters. The number of ether oxygens (including phenoxy) is 2. The van der Waals surface area contributed by atoms with E-state index in [0.717, 1.165) is 44.1 Å². The SMILES string of the molecule is CCCCNc1nc(N)c2nc(O)n(Cc3ccc(C(=O)NCC(=O)NCCCN(CCCCNCCCNC(=O)C(N)CSCC(COC(C)=O)OC(C)=O)C(=O)C4CCC(CN5C(=O)CC(SCC(=O)NCCCCC6NC7C8CCCCCCC(C8)C7C6=O)C5=O)CC4)cc3)c2n1. The van der Waals surface area contributed by atoms with Gasteiger partial charge >= 0.3 is 11.9 Å². The molecule has 1 aromatic carbocycles. The number of Topliss-reactive ketones (excluding diaryl/α,β-unsaturated/α-hetero) is 1. The average molecular weight is 1430 g/mol. The van der Waals surface area contributed by atoms with E-state index in [9.17, 15) is 53.1 Å². The van der Waals surface area contributed by atoms with Crippen molar-refractivity contribution in [2.75, 3.05) is 100 Å². The first-order valence-electron chi connectivity index (χ1n) is 36.3. The number of aromatic nitrogens is 4. The molecule has 28 nitrogen and oxygen atoms in total. The van der Waals surface area contributed by atoms with Crippen LogP contribution in [0.15, 0.2) is 24.3 Å². The molecule has 8 rings (SSSR count). The third kappa shape index (κ3) is 24.0. The van der Waals surface area contributed by atoms with E-state index >= 15 is 0 Å². The van der Waals surface area contributed by atoms with Crippen LogP contribution in [0.4, 0.5) is 11.8 Å². The summed E-state index contributed by atoms with van der Waals surface area (Å²) < 4.78 is 11.7. The molecule has 0 radical (unpaired) electrons. The summed E-state index contributed by atoms with van der Waals surface area (Å²) in [5.74, 6) is -0.316. The molecule has 100 heavy (non-hydrogen) atoms. The molecule has 2 saturated heterocycles. The van der Waals surface area contributed by atoms with Gasteiger partial charge in [0.1, 0.15) is 12.7 Å². The highest BCUT2D eigenvalue weighted by molar-refractivity contribution is 8.01. The summed E-state index contributed by atoms with van der Waals surface area (Å²) in [6.45, 7) is 8.64. The number of aromatic hydroxyl groups is 1. The molecule has 4 heterocycles. The van der Waals surface area contributed by atoms with Crippen molar-refractivity contribution >= 4 is 106 Å². The van der Waals surface area contributed by atoms with E-state index in [1.54, 1.807) is 24.3 Å². The highest BCUT2D eigenvalue weighted by atomic mass is 32.2. The number of carbonyl (C=O) groups excluding carboxylic acids is 10. The number of nitrogen functional groups attached to an aromatic ring is 1. The number of carbonyl (C=O) groups is 10. The maximum absolute atomic E-state index is 14.4. The summed E-state index contributed by atoms with van der Waals surface area (Å²) in [4.78, 5) is 146. The van der Waals surface area contributed by atoms with Crippen molar-refractivity contribution in [2.45, 2.75) is 192 Å². The fourth-order valence-electron chi connectivity index (χ4n) is 14.4. The number of likely N-dealkylation sites (tertiary alicyclic amines) is 1. The largest absolute Gasteiger partial charge is 0.480 e. The molecule has 5 fully saturated rings. The van der Waals surface area contributed by atoms with Crippen molar-refractivity contribution in [1.29, 1.82) is 0 Å². The first kappa shape index (κ1) is 78.6. The Morgan fingerprint density at radius 1 is 0.770 bits per heavy atom. The third-order valence-corrected chi connectivity index (χ3v) is 22.1. The van der Waals surface area contributed by atoms with E-state index in [1.165, 1.54) is 91.8 Å². The number of ketones is 1. The third-order valence-electron chi connectivity index (χ3n) is 19.7. The number of nitrogens with zero attached hydrogens (tertiary/aromatic N) is 6. The van der Waals surface area contributed by atoms with Crippen molar-refractivity contribution in [1.82, 2.24) is 61.2 Å². The van der Waals surface area contributed by atoms with Crippen LogP contribution in [0.25, 0.3) is 11.2 Å². The summed E-state index contributed by atoms with van der Waals surface area (Å²) in [5.41, 5.74) is 13.9. The Kier molecular flexibility index (Phi) is 31.8.